The van der Waals surface area contributed by atoms with Crippen LogP contribution in [0.4, 0.5) is 5.69 Å². The molecule has 9 heteroatoms. The highest BCUT2D eigenvalue weighted by atomic mass is 32.1. The molecule has 0 aliphatic heterocycles. The van der Waals surface area contributed by atoms with E-state index in [2.05, 4.69) is 30.7 Å². The summed E-state index contributed by atoms with van der Waals surface area (Å²) < 4.78 is 5.68. The lowest BCUT2D eigenvalue weighted by Gasteiger charge is -2.14. The summed E-state index contributed by atoms with van der Waals surface area (Å²) in [6.07, 6.45) is 1.02. The molecule has 1 aromatic carbocycles. The standard InChI is InChI=1S/C19H18N4O4S/c1-19(2,3)15-10-28-18(22-15)11-5-4-6-13(7-11)27-17-14(16(20)24)8-12(9-21-17)23(25)26/h4-10H,1-3H3,(H2,20,24). The van der Waals surface area contributed by atoms with Crippen molar-refractivity contribution in [2.45, 2.75) is 26.2 Å². The number of nitrogens with two attached hydrogens (primary N) is 1. The van der Waals surface area contributed by atoms with E-state index in [0.29, 0.717) is 5.75 Å². The normalized spacial score (nSPS) is 11.2. The Morgan fingerprint density at radius 1 is 1.29 bits per heavy atom. The van der Waals surface area contributed by atoms with Gasteiger partial charge in [0.1, 0.15) is 22.5 Å². The summed E-state index contributed by atoms with van der Waals surface area (Å²) >= 11 is 1.53. The van der Waals surface area contributed by atoms with Crippen LogP contribution in [-0.4, -0.2) is 20.8 Å². The number of aromatic nitrogens is 2. The van der Waals surface area contributed by atoms with Crippen LogP contribution in [0.3, 0.4) is 0 Å². The van der Waals surface area contributed by atoms with Crippen LogP contribution in [0.2, 0.25) is 0 Å². The van der Waals surface area contributed by atoms with Gasteiger partial charge in [-0.1, -0.05) is 32.9 Å². The summed E-state index contributed by atoms with van der Waals surface area (Å²) in [6, 6.07) is 8.19. The number of hydrogen-bond donors (Lipinski definition) is 1. The summed E-state index contributed by atoms with van der Waals surface area (Å²) in [5.74, 6) is -0.546. The Morgan fingerprint density at radius 3 is 2.64 bits per heavy atom. The van der Waals surface area contributed by atoms with Crippen molar-refractivity contribution >= 4 is 22.9 Å². The molecule has 0 atom stereocenters. The molecule has 144 valence electrons. The molecule has 3 aromatic rings. The van der Waals surface area contributed by atoms with E-state index in [4.69, 9.17) is 10.5 Å². The quantitative estimate of drug-likeness (QED) is 0.505. The zero-order chi connectivity index (χ0) is 20.5. The minimum atomic E-state index is -0.864. The van der Waals surface area contributed by atoms with Gasteiger partial charge in [-0.2, -0.15) is 0 Å². The van der Waals surface area contributed by atoms with Gasteiger partial charge in [-0.25, -0.2) is 9.97 Å². The van der Waals surface area contributed by atoms with E-state index < -0.39 is 10.8 Å². The number of thiazole rings is 1. The number of pyridine rings is 1. The van der Waals surface area contributed by atoms with E-state index in [1.54, 1.807) is 18.2 Å². The monoisotopic (exact) mass is 398 g/mol. The molecule has 0 aliphatic carbocycles. The van der Waals surface area contributed by atoms with E-state index >= 15 is 0 Å². The predicted octanol–water partition coefficient (Wildman–Crippen LogP) is 4.30. The zero-order valence-corrected chi connectivity index (χ0v) is 16.3. The fourth-order valence-electron chi connectivity index (χ4n) is 2.35. The Morgan fingerprint density at radius 2 is 2.04 bits per heavy atom. The summed E-state index contributed by atoms with van der Waals surface area (Å²) in [5, 5.41) is 13.7. The van der Waals surface area contributed by atoms with Crippen LogP contribution in [0.15, 0.2) is 41.9 Å². The van der Waals surface area contributed by atoms with Crippen molar-refractivity contribution in [2.24, 2.45) is 5.73 Å². The number of nitrogens with zero attached hydrogens (tertiary/aromatic N) is 3. The maximum atomic E-state index is 11.6. The molecule has 28 heavy (non-hydrogen) atoms. The summed E-state index contributed by atoms with van der Waals surface area (Å²) in [4.78, 5) is 30.4. The average Bonchev–Trinajstić information content (AvgIpc) is 3.12. The molecule has 3 rings (SSSR count). The highest BCUT2D eigenvalue weighted by Crippen LogP contribution is 2.33. The molecule has 0 saturated heterocycles. The number of amides is 1. The summed E-state index contributed by atoms with van der Waals surface area (Å²) in [5.41, 5.74) is 6.59. The lowest BCUT2D eigenvalue weighted by Crippen LogP contribution is -2.13. The van der Waals surface area contributed by atoms with Gasteiger partial charge in [-0.05, 0) is 12.1 Å². The maximum Gasteiger partial charge on any atom is 0.288 e. The first-order valence-electron chi connectivity index (χ1n) is 8.33. The SMILES string of the molecule is CC(C)(C)c1csc(-c2cccc(Oc3ncc([N+](=O)[O-])cc3C(N)=O)c2)n1. The highest BCUT2D eigenvalue weighted by Gasteiger charge is 2.20. The second-order valence-corrected chi connectivity index (χ2v) is 7.94. The largest absolute Gasteiger partial charge is 0.438 e. The van der Waals surface area contributed by atoms with Crippen LogP contribution in [-0.2, 0) is 5.41 Å². The molecule has 2 N–H and O–H groups in total. The topological polar surface area (TPSA) is 121 Å². The van der Waals surface area contributed by atoms with E-state index in [9.17, 15) is 14.9 Å². The first kappa shape index (κ1) is 19.4. The van der Waals surface area contributed by atoms with Crippen LogP contribution in [0.5, 0.6) is 11.6 Å². The minimum absolute atomic E-state index is 0.0536. The third kappa shape index (κ3) is 4.15. The number of carbonyl (C=O) groups is 1. The van der Waals surface area contributed by atoms with Gasteiger partial charge in [0.2, 0.25) is 5.88 Å². The highest BCUT2D eigenvalue weighted by molar-refractivity contribution is 7.13. The number of benzene rings is 1. The van der Waals surface area contributed by atoms with Gasteiger partial charge in [0.15, 0.2) is 0 Å². The Bertz CT molecular complexity index is 1060. The van der Waals surface area contributed by atoms with Gasteiger partial charge >= 0.3 is 0 Å². The lowest BCUT2D eigenvalue weighted by molar-refractivity contribution is -0.385. The molecule has 8 nitrogen and oxygen atoms in total. The molecule has 0 fully saturated rings. The van der Waals surface area contributed by atoms with E-state index in [-0.39, 0.29) is 22.5 Å². The molecule has 0 radical (unpaired) electrons. The van der Waals surface area contributed by atoms with Gasteiger partial charge in [0, 0.05) is 22.4 Å². The minimum Gasteiger partial charge on any atom is -0.438 e. The summed E-state index contributed by atoms with van der Waals surface area (Å²) in [6.45, 7) is 6.28. The molecule has 2 aromatic heterocycles. The van der Waals surface area contributed by atoms with E-state index in [1.165, 1.54) is 11.3 Å². The second kappa shape index (κ2) is 7.35. The molecule has 0 unspecified atom stereocenters. The van der Waals surface area contributed by atoms with E-state index in [1.807, 2.05) is 11.4 Å². The Labute approximate surface area is 165 Å². The molecule has 2 heterocycles. The zero-order valence-electron chi connectivity index (χ0n) is 15.5. The number of nitro groups is 1. The van der Waals surface area contributed by atoms with E-state index in [0.717, 1.165) is 28.5 Å². The molecule has 1 amide bonds. The van der Waals surface area contributed by atoms with Crippen LogP contribution in [0.1, 0.15) is 36.8 Å². The first-order chi connectivity index (χ1) is 13.1. The number of ether oxygens (including phenoxy) is 1. The molecular formula is C19H18N4O4S. The molecule has 0 bridgehead atoms. The number of primary amides is 1. The average molecular weight is 398 g/mol. The fourth-order valence-corrected chi connectivity index (χ4v) is 3.40. The van der Waals surface area contributed by atoms with Crippen molar-refractivity contribution in [3.05, 3.63) is 63.3 Å². The van der Waals surface area contributed by atoms with Crippen molar-refractivity contribution in [1.29, 1.82) is 0 Å². The molecular weight excluding hydrogens is 380 g/mol. The molecule has 0 aliphatic rings. The van der Waals surface area contributed by atoms with Crippen molar-refractivity contribution in [3.8, 4) is 22.2 Å². The first-order valence-corrected chi connectivity index (χ1v) is 9.21. The van der Waals surface area contributed by atoms with Crippen LogP contribution >= 0.6 is 11.3 Å². The smallest absolute Gasteiger partial charge is 0.288 e. The van der Waals surface area contributed by atoms with Crippen LogP contribution < -0.4 is 10.5 Å². The fraction of sp³-hybridized carbons (Fsp3) is 0.211. The van der Waals surface area contributed by atoms with Gasteiger partial charge in [-0.3, -0.25) is 14.9 Å². The summed E-state index contributed by atoms with van der Waals surface area (Å²) in [7, 11) is 0. The molecule has 0 spiro atoms. The number of hydrogen-bond acceptors (Lipinski definition) is 7. The van der Waals surface area contributed by atoms with Crippen molar-refractivity contribution in [1.82, 2.24) is 9.97 Å². The number of rotatable bonds is 5. The van der Waals surface area contributed by atoms with Gasteiger partial charge in [0.05, 0.1) is 10.6 Å². The Kier molecular flexibility index (Phi) is 5.10. The second-order valence-electron chi connectivity index (χ2n) is 7.09. The maximum absolute atomic E-state index is 11.6. The van der Waals surface area contributed by atoms with Crippen molar-refractivity contribution < 1.29 is 14.5 Å². The number of carbonyl (C=O) groups excluding carboxylic acids is 1. The van der Waals surface area contributed by atoms with Gasteiger partial charge in [0.25, 0.3) is 11.6 Å². The van der Waals surface area contributed by atoms with Crippen molar-refractivity contribution in [2.75, 3.05) is 0 Å². The van der Waals surface area contributed by atoms with Crippen LogP contribution in [0.25, 0.3) is 10.6 Å². The molecule has 0 saturated carbocycles. The van der Waals surface area contributed by atoms with Gasteiger partial charge < -0.3 is 10.5 Å². The predicted molar refractivity (Wildman–Crippen MR) is 106 cm³/mol. The lowest BCUT2D eigenvalue weighted by atomic mass is 9.93. The van der Waals surface area contributed by atoms with Crippen LogP contribution in [0, 0.1) is 10.1 Å². The van der Waals surface area contributed by atoms with Gasteiger partial charge in [-0.15, -0.1) is 11.3 Å². The van der Waals surface area contributed by atoms with Crippen molar-refractivity contribution in [3.63, 3.8) is 0 Å². The third-order valence-corrected chi connectivity index (χ3v) is 4.77. The Hall–Kier alpha value is -3.33. The Balaban J connectivity index is 1.92. The third-order valence-electron chi connectivity index (χ3n) is 3.88.